The first kappa shape index (κ1) is 12.3. The van der Waals surface area contributed by atoms with Crippen LogP contribution in [0.25, 0.3) is 10.8 Å². The van der Waals surface area contributed by atoms with Crippen molar-refractivity contribution in [1.82, 2.24) is 4.98 Å². The Balaban J connectivity index is 2.06. The lowest BCUT2D eigenvalue weighted by atomic mass is 9.77. The van der Waals surface area contributed by atoms with Gasteiger partial charge in [0.05, 0.1) is 5.54 Å². The number of fused-ring (bicyclic) bond motifs is 1. The molecule has 1 fully saturated rings. The number of hydrogen-bond acceptors (Lipinski definition) is 3. The van der Waals surface area contributed by atoms with E-state index in [4.69, 9.17) is 5.73 Å². The highest BCUT2D eigenvalue weighted by molar-refractivity contribution is 6.12. The van der Waals surface area contributed by atoms with E-state index in [1.54, 1.807) is 12.4 Å². The van der Waals surface area contributed by atoms with E-state index in [9.17, 15) is 4.79 Å². The predicted molar refractivity (Wildman–Crippen MR) is 76.1 cm³/mol. The third-order valence-corrected chi connectivity index (χ3v) is 4.13. The molecule has 0 atom stereocenters. The first-order valence-electron chi connectivity index (χ1n) is 6.87. The fourth-order valence-corrected chi connectivity index (χ4v) is 2.99. The van der Waals surface area contributed by atoms with Gasteiger partial charge in [0.25, 0.3) is 0 Å². The molecule has 3 heteroatoms. The fourth-order valence-electron chi connectivity index (χ4n) is 2.99. The highest BCUT2D eigenvalue weighted by Crippen LogP contribution is 2.31. The summed E-state index contributed by atoms with van der Waals surface area (Å²) in [6, 6.07) is 7.71. The van der Waals surface area contributed by atoms with Gasteiger partial charge in [0.2, 0.25) is 0 Å². The number of aromatic nitrogens is 1. The quantitative estimate of drug-likeness (QED) is 0.838. The predicted octanol–water partition coefficient (Wildman–Crippen LogP) is 3.08. The van der Waals surface area contributed by atoms with Crippen LogP contribution >= 0.6 is 0 Å². The lowest BCUT2D eigenvalue weighted by Gasteiger charge is -2.32. The number of carbonyl (C=O) groups excluding carboxylic acids is 1. The first-order chi connectivity index (χ1) is 9.21. The van der Waals surface area contributed by atoms with Crippen molar-refractivity contribution in [1.29, 1.82) is 0 Å². The first-order valence-corrected chi connectivity index (χ1v) is 6.87. The molecule has 98 valence electrons. The summed E-state index contributed by atoms with van der Waals surface area (Å²) in [4.78, 5) is 16.9. The number of pyridine rings is 1. The topological polar surface area (TPSA) is 56.0 Å². The van der Waals surface area contributed by atoms with Gasteiger partial charge in [-0.05, 0) is 24.3 Å². The van der Waals surface area contributed by atoms with Crippen LogP contribution in [0.2, 0.25) is 0 Å². The number of nitrogens with zero attached hydrogens (tertiary/aromatic N) is 1. The van der Waals surface area contributed by atoms with Gasteiger partial charge in [0.1, 0.15) is 0 Å². The summed E-state index contributed by atoms with van der Waals surface area (Å²) in [7, 11) is 0. The number of rotatable bonds is 2. The van der Waals surface area contributed by atoms with Crippen LogP contribution in [-0.4, -0.2) is 16.3 Å². The molecule has 3 nitrogen and oxygen atoms in total. The highest BCUT2D eigenvalue weighted by Gasteiger charge is 2.36. The molecule has 1 saturated carbocycles. The number of nitrogens with two attached hydrogens (primary N) is 1. The van der Waals surface area contributed by atoms with Crippen LogP contribution in [0.4, 0.5) is 0 Å². The molecule has 1 aliphatic rings. The summed E-state index contributed by atoms with van der Waals surface area (Å²) >= 11 is 0. The minimum atomic E-state index is -0.678. The van der Waals surface area contributed by atoms with E-state index < -0.39 is 5.54 Å². The second kappa shape index (κ2) is 4.74. The molecule has 0 bridgehead atoms. The minimum Gasteiger partial charge on any atom is -0.319 e. The van der Waals surface area contributed by atoms with E-state index in [0.717, 1.165) is 42.0 Å². The number of Topliss-reactive ketones (excluding diaryl/α,β-unsaturated/α-hetero) is 1. The van der Waals surface area contributed by atoms with Crippen LogP contribution in [0.1, 0.15) is 42.5 Å². The van der Waals surface area contributed by atoms with E-state index >= 15 is 0 Å². The number of ketones is 1. The molecular formula is C16H18N2O. The zero-order valence-electron chi connectivity index (χ0n) is 10.9. The molecule has 2 aromatic rings. The van der Waals surface area contributed by atoms with E-state index in [1.807, 2.05) is 24.3 Å². The van der Waals surface area contributed by atoms with Crippen molar-refractivity contribution in [3.63, 3.8) is 0 Å². The summed E-state index contributed by atoms with van der Waals surface area (Å²) in [5.74, 6) is 0.0748. The Morgan fingerprint density at radius 1 is 1.16 bits per heavy atom. The number of benzene rings is 1. The summed E-state index contributed by atoms with van der Waals surface area (Å²) in [5.41, 5.74) is 6.40. The van der Waals surface area contributed by atoms with Crippen LogP contribution in [-0.2, 0) is 0 Å². The normalized spacial score (nSPS) is 18.4. The average molecular weight is 254 g/mol. The molecule has 1 aromatic heterocycles. The van der Waals surface area contributed by atoms with Crippen molar-refractivity contribution in [2.45, 2.75) is 37.6 Å². The maximum Gasteiger partial charge on any atom is 0.183 e. The molecule has 0 aliphatic heterocycles. The van der Waals surface area contributed by atoms with Crippen LogP contribution in [0.3, 0.4) is 0 Å². The molecule has 3 rings (SSSR count). The zero-order valence-corrected chi connectivity index (χ0v) is 10.9. The van der Waals surface area contributed by atoms with Gasteiger partial charge in [-0.1, -0.05) is 37.5 Å². The van der Waals surface area contributed by atoms with Crippen LogP contribution in [0.15, 0.2) is 36.7 Å². The Labute approximate surface area is 112 Å². The zero-order chi connectivity index (χ0) is 13.3. The third-order valence-electron chi connectivity index (χ3n) is 4.13. The van der Waals surface area contributed by atoms with Gasteiger partial charge in [-0.3, -0.25) is 9.78 Å². The van der Waals surface area contributed by atoms with Crippen molar-refractivity contribution in [2.75, 3.05) is 0 Å². The third kappa shape index (κ3) is 2.15. The summed E-state index contributed by atoms with van der Waals surface area (Å²) in [5, 5.41) is 1.95. The van der Waals surface area contributed by atoms with E-state index in [-0.39, 0.29) is 5.78 Å². The van der Waals surface area contributed by atoms with Gasteiger partial charge in [-0.25, -0.2) is 0 Å². The summed E-state index contributed by atoms with van der Waals surface area (Å²) < 4.78 is 0. The van der Waals surface area contributed by atoms with Crippen LogP contribution in [0, 0.1) is 0 Å². The Morgan fingerprint density at radius 2 is 1.95 bits per heavy atom. The van der Waals surface area contributed by atoms with Gasteiger partial charge >= 0.3 is 0 Å². The molecule has 19 heavy (non-hydrogen) atoms. The molecule has 1 aromatic carbocycles. The van der Waals surface area contributed by atoms with Crippen molar-refractivity contribution in [3.05, 3.63) is 42.2 Å². The maximum absolute atomic E-state index is 12.8. The molecule has 1 heterocycles. The number of carbonyl (C=O) groups is 1. The van der Waals surface area contributed by atoms with Crippen molar-refractivity contribution >= 4 is 16.6 Å². The second-order valence-electron chi connectivity index (χ2n) is 5.45. The molecule has 0 spiro atoms. The Kier molecular flexibility index (Phi) is 3.07. The summed E-state index contributed by atoms with van der Waals surface area (Å²) in [6.45, 7) is 0. The van der Waals surface area contributed by atoms with Crippen molar-refractivity contribution < 1.29 is 4.79 Å². The van der Waals surface area contributed by atoms with Crippen LogP contribution < -0.4 is 5.73 Å². The van der Waals surface area contributed by atoms with Gasteiger partial charge < -0.3 is 5.73 Å². The van der Waals surface area contributed by atoms with Gasteiger partial charge in [0, 0.05) is 23.3 Å². The van der Waals surface area contributed by atoms with Gasteiger partial charge in [0.15, 0.2) is 5.78 Å². The minimum absolute atomic E-state index is 0.0748. The van der Waals surface area contributed by atoms with E-state index in [2.05, 4.69) is 4.98 Å². The molecule has 0 saturated heterocycles. The maximum atomic E-state index is 12.8. The Bertz CT molecular complexity index is 610. The molecule has 0 radical (unpaired) electrons. The van der Waals surface area contributed by atoms with E-state index in [1.165, 1.54) is 6.42 Å². The van der Waals surface area contributed by atoms with Crippen molar-refractivity contribution in [3.8, 4) is 0 Å². The van der Waals surface area contributed by atoms with Crippen molar-refractivity contribution in [2.24, 2.45) is 5.73 Å². The average Bonchev–Trinajstić information content (AvgIpc) is 2.47. The standard InChI is InChI=1S/C16H18N2O/c17-16(8-2-1-3-9-16)15(19)13-6-4-5-12-7-10-18-11-14(12)13/h4-7,10-11H,1-3,8-9,17H2. The van der Waals surface area contributed by atoms with Gasteiger partial charge in [-0.15, -0.1) is 0 Å². The SMILES string of the molecule is NC1(C(=O)c2cccc3ccncc23)CCCCC1. The molecule has 0 unspecified atom stereocenters. The summed E-state index contributed by atoms with van der Waals surface area (Å²) in [6.07, 6.45) is 8.37. The molecular weight excluding hydrogens is 236 g/mol. The lowest BCUT2D eigenvalue weighted by Crippen LogP contribution is -2.49. The number of hydrogen-bond donors (Lipinski definition) is 1. The largest absolute Gasteiger partial charge is 0.319 e. The smallest absolute Gasteiger partial charge is 0.183 e. The monoisotopic (exact) mass is 254 g/mol. The Hall–Kier alpha value is -1.74. The lowest BCUT2D eigenvalue weighted by molar-refractivity contribution is 0.0849. The highest BCUT2D eigenvalue weighted by atomic mass is 16.1. The van der Waals surface area contributed by atoms with Gasteiger partial charge in [-0.2, -0.15) is 0 Å². The molecule has 0 amide bonds. The Morgan fingerprint density at radius 3 is 2.74 bits per heavy atom. The molecule has 1 aliphatic carbocycles. The van der Waals surface area contributed by atoms with E-state index in [0.29, 0.717) is 0 Å². The fraction of sp³-hybridized carbons (Fsp3) is 0.375. The molecule has 2 N–H and O–H groups in total. The van der Waals surface area contributed by atoms with Crippen LogP contribution in [0.5, 0.6) is 0 Å². The second-order valence-corrected chi connectivity index (χ2v) is 5.45.